The number of nitrogens with one attached hydrogen (secondary N) is 1. The molecule has 9 heteroatoms. The quantitative estimate of drug-likeness (QED) is 0.544. The molecule has 0 spiro atoms. The van der Waals surface area contributed by atoms with Crippen LogP contribution in [0.3, 0.4) is 0 Å². The van der Waals surface area contributed by atoms with E-state index in [-0.39, 0.29) is 27.4 Å². The van der Waals surface area contributed by atoms with Gasteiger partial charge >= 0.3 is 0 Å². The minimum Gasteiger partial charge on any atom is -0.443 e. The van der Waals surface area contributed by atoms with E-state index in [0.717, 1.165) is 0 Å². The maximum Gasteiger partial charge on any atom is 0.295 e. The summed E-state index contributed by atoms with van der Waals surface area (Å²) in [4.78, 5) is -0.0484. The van der Waals surface area contributed by atoms with Crippen molar-refractivity contribution >= 4 is 36.5 Å². The van der Waals surface area contributed by atoms with Gasteiger partial charge in [-0.15, -0.1) is 0 Å². The normalized spacial score (nSPS) is 17.3. The lowest BCUT2D eigenvalue weighted by molar-refractivity contribution is 0.478. The molecular formula is C22H22N2O5S2. The first-order valence-corrected chi connectivity index (χ1v) is 12.8. The van der Waals surface area contributed by atoms with Gasteiger partial charge < -0.3 is 10.2 Å². The molecule has 3 N–H and O–H groups in total. The number of para-hydroxylation sites is 1. The highest BCUT2D eigenvalue weighted by molar-refractivity contribution is 7.95. The van der Waals surface area contributed by atoms with Crippen LogP contribution in [0.1, 0.15) is 18.9 Å². The Labute approximate surface area is 181 Å². The zero-order chi connectivity index (χ0) is 22.2. The van der Waals surface area contributed by atoms with Gasteiger partial charge in [0, 0.05) is 17.1 Å². The largest absolute Gasteiger partial charge is 0.443 e. The maximum absolute atomic E-state index is 13.1. The lowest BCUT2D eigenvalue weighted by Crippen LogP contribution is -2.28. The summed E-state index contributed by atoms with van der Waals surface area (Å²) in [5.41, 5.74) is 7.20. The van der Waals surface area contributed by atoms with Crippen molar-refractivity contribution in [3.63, 3.8) is 0 Å². The van der Waals surface area contributed by atoms with E-state index in [0.29, 0.717) is 28.6 Å². The Bertz CT molecular complexity index is 1380. The number of anilines is 1. The number of rotatable bonds is 6. The highest BCUT2D eigenvalue weighted by Gasteiger charge is 2.30. The standard InChI is InChI=1S/C22H22N2O5S2/c1-15-9-10-21(30(25,26)14-16-5-4-7-18(23)12-16)19(11-15)24-31(27,28)22-13-17-6-2-3-8-20(17)29-22/h2-8,10-13,15,24H,9,14,23H2,1H3. The van der Waals surface area contributed by atoms with Crippen LogP contribution in [0.2, 0.25) is 0 Å². The molecule has 0 saturated heterocycles. The van der Waals surface area contributed by atoms with Crippen molar-refractivity contribution in [2.24, 2.45) is 5.92 Å². The molecular weight excluding hydrogens is 436 g/mol. The molecule has 1 aromatic heterocycles. The van der Waals surface area contributed by atoms with Crippen molar-refractivity contribution in [3.8, 4) is 0 Å². The first kappa shape index (κ1) is 21.2. The van der Waals surface area contributed by atoms with E-state index in [2.05, 4.69) is 4.72 Å². The van der Waals surface area contributed by atoms with E-state index < -0.39 is 19.9 Å². The number of furan rings is 1. The van der Waals surface area contributed by atoms with Crippen LogP contribution in [-0.4, -0.2) is 16.8 Å². The Hall–Kier alpha value is -3.04. The molecule has 7 nitrogen and oxygen atoms in total. The fraction of sp³-hybridized carbons (Fsp3) is 0.182. The smallest absolute Gasteiger partial charge is 0.295 e. The lowest BCUT2D eigenvalue weighted by Gasteiger charge is -2.20. The first-order chi connectivity index (χ1) is 14.6. The van der Waals surface area contributed by atoms with Crippen molar-refractivity contribution in [3.05, 3.63) is 82.9 Å². The number of sulfone groups is 1. The van der Waals surface area contributed by atoms with Crippen molar-refractivity contribution in [2.75, 3.05) is 5.73 Å². The van der Waals surface area contributed by atoms with Crippen molar-refractivity contribution in [2.45, 2.75) is 24.2 Å². The van der Waals surface area contributed by atoms with Crippen LogP contribution in [0.5, 0.6) is 0 Å². The molecule has 4 rings (SSSR count). The molecule has 1 atom stereocenters. The van der Waals surface area contributed by atoms with Gasteiger partial charge in [-0.1, -0.05) is 49.4 Å². The van der Waals surface area contributed by atoms with Gasteiger partial charge in [0.2, 0.25) is 5.09 Å². The van der Waals surface area contributed by atoms with Crippen LogP contribution < -0.4 is 10.5 Å². The van der Waals surface area contributed by atoms with Crippen molar-refractivity contribution in [1.82, 2.24) is 4.72 Å². The summed E-state index contributed by atoms with van der Waals surface area (Å²) in [7, 11) is -7.95. The topological polar surface area (TPSA) is 119 Å². The third-order valence-electron chi connectivity index (χ3n) is 4.95. The molecule has 3 aromatic rings. The first-order valence-electron chi connectivity index (χ1n) is 9.65. The molecule has 0 amide bonds. The average Bonchev–Trinajstić information content (AvgIpc) is 3.12. The Morgan fingerprint density at radius 1 is 1.06 bits per heavy atom. The fourth-order valence-corrected chi connectivity index (χ4v) is 6.17. The van der Waals surface area contributed by atoms with Crippen LogP contribution in [0.25, 0.3) is 11.0 Å². The molecule has 1 aliphatic carbocycles. The van der Waals surface area contributed by atoms with Crippen LogP contribution in [0.15, 0.2) is 86.9 Å². The van der Waals surface area contributed by atoms with E-state index in [1.165, 1.54) is 6.07 Å². The van der Waals surface area contributed by atoms with E-state index in [9.17, 15) is 16.8 Å². The highest BCUT2D eigenvalue weighted by atomic mass is 32.2. The summed E-state index contributed by atoms with van der Waals surface area (Å²) in [6.07, 6.45) is 3.66. The molecule has 1 heterocycles. The average molecular weight is 459 g/mol. The highest BCUT2D eigenvalue weighted by Crippen LogP contribution is 2.30. The zero-order valence-electron chi connectivity index (χ0n) is 16.8. The summed E-state index contributed by atoms with van der Waals surface area (Å²) in [5.74, 6) is -0.318. The maximum atomic E-state index is 13.1. The molecule has 0 fully saturated rings. The Morgan fingerprint density at radius 3 is 2.58 bits per heavy atom. The summed E-state index contributed by atoms with van der Waals surface area (Å²) in [6.45, 7) is 1.88. The third-order valence-corrected chi connectivity index (χ3v) is 7.94. The Balaban J connectivity index is 1.66. The minimum absolute atomic E-state index is 0.0281. The monoisotopic (exact) mass is 458 g/mol. The van der Waals surface area contributed by atoms with Gasteiger partial charge in [0.15, 0.2) is 9.84 Å². The van der Waals surface area contributed by atoms with Gasteiger partial charge in [0.25, 0.3) is 10.0 Å². The molecule has 162 valence electrons. The second-order valence-electron chi connectivity index (χ2n) is 7.57. The summed E-state index contributed by atoms with van der Waals surface area (Å²) in [6, 6.07) is 14.9. The summed E-state index contributed by atoms with van der Waals surface area (Å²) >= 11 is 0. The predicted molar refractivity (Wildman–Crippen MR) is 120 cm³/mol. The number of allylic oxidation sites excluding steroid dienone is 2. The molecule has 1 aliphatic rings. The SMILES string of the molecule is CC1C=C(NS(=O)(=O)c2cc3ccccc3o2)C(S(=O)(=O)Cc2cccc(N)c2)=CC1. The van der Waals surface area contributed by atoms with Gasteiger partial charge in [-0.05, 0) is 36.1 Å². The molecule has 2 aromatic carbocycles. The van der Waals surface area contributed by atoms with Gasteiger partial charge in [0.05, 0.1) is 16.4 Å². The number of fused-ring (bicyclic) bond motifs is 1. The third kappa shape index (κ3) is 4.52. The molecule has 0 aliphatic heterocycles. The van der Waals surface area contributed by atoms with Crippen molar-refractivity contribution in [1.29, 1.82) is 0 Å². The number of hydrogen-bond donors (Lipinski definition) is 2. The molecule has 0 radical (unpaired) electrons. The second-order valence-corrected chi connectivity index (χ2v) is 11.1. The zero-order valence-corrected chi connectivity index (χ0v) is 18.4. The Kier molecular flexibility index (Phi) is 5.40. The fourth-order valence-electron chi connectivity index (χ4n) is 3.48. The van der Waals surface area contributed by atoms with Crippen LogP contribution in [0, 0.1) is 5.92 Å². The second kappa shape index (κ2) is 7.90. The molecule has 31 heavy (non-hydrogen) atoms. The van der Waals surface area contributed by atoms with E-state index in [1.807, 2.05) is 6.92 Å². The van der Waals surface area contributed by atoms with E-state index in [4.69, 9.17) is 10.2 Å². The van der Waals surface area contributed by atoms with E-state index >= 15 is 0 Å². The molecule has 0 bridgehead atoms. The lowest BCUT2D eigenvalue weighted by atomic mass is 10.0. The Morgan fingerprint density at radius 2 is 1.84 bits per heavy atom. The summed E-state index contributed by atoms with van der Waals surface area (Å²) < 4.78 is 60.1. The minimum atomic E-state index is -4.13. The van der Waals surface area contributed by atoms with E-state index in [1.54, 1.807) is 60.7 Å². The molecule has 1 unspecified atom stereocenters. The van der Waals surface area contributed by atoms with Gasteiger partial charge in [0.1, 0.15) is 5.58 Å². The number of sulfonamides is 1. The van der Waals surface area contributed by atoms with Gasteiger partial charge in [-0.25, -0.2) is 8.42 Å². The predicted octanol–water partition coefficient (Wildman–Crippen LogP) is 3.72. The van der Waals surface area contributed by atoms with Crippen LogP contribution in [0.4, 0.5) is 5.69 Å². The molecule has 0 saturated carbocycles. The van der Waals surface area contributed by atoms with Gasteiger partial charge in [-0.3, -0.25) is 4.72 Å². The number of benzene rings is 2. The van der Waals surface area contributed by atoms with Crippen molar-refractivity contribution < 1.29 is 21.3 Å². The summed E-state index contributed by atoms with van der Waals surface area (Å²) in [5, 5.41) is 0.360. The number of hydrogen-bond acceptors (Lipinski definition) is 6. The van der Waals surface area contributed by atoms with Gasteiger partial charge in [-0.2, -0.15) is 8.42 Å². The number of nitrogens with two attached hydrogens (primary N) is 1. The van der Waals surface area contributed by atoms with Crippen LogP contribution in [-0.2, 0) is 25.6 Å². The van der Waals surface area contributed by atoms with Crippen LogP contribution >= 0.6 is 0 Å². The number of nitrogen functional groups attached to an aromatic ring is 1.